The van der Waals surface area contributed by atoms with Crippen LogP contribution in [0.3, 0.4) is 0 Å². The van der Waals surface area contributed by atoms with Crippen LogP contribution in [0.4, 0.5) is 4.39 Å². The van der Waals surface area contributed by atoms with Gasteiger partial charge in [0.15, 0.2) is 0 Å². The van der Waals surface area contributed by atoms with E-state index in [0.29, 0.717) is 12.3 Å². The predicted octanol–water partition coefficient (Wildman–Crippen LogP) is 4.45. The van der Waals surface area contributed by atoms with E-state index in [0.717, 1.165) is 40.6 Å². The number of hydrogen-bond acceptors (Lipinski definition) is 5. The summed E-state index contributed by atoms with van der Waals surface area (Å²) < 4.78 is 25.2. The molecular formula is C25H28FN3O3. The van der Waals surface area contributed by atoms with Crippen molar-refractivity contribution in [3.8, 4) is 5.75 Å². The number of ether oxygens (including phenoxy) is 2. The zero-order valence-electron chi connectivity index (χ0n) is 18.8. The van der Waals surface area contributed by atoms with Crippen LogP contribution >= 0.6 is 0 Å². The van der Waals surface area contributed by atoms with Gasteiger partial charge in [-0.3, -0.25) is 10.00 Å². The molecule has 0 fully saturated rings. The molecule has 1 aromatic heterocycles. The van der Waals surface area contributed by atoms with Gasteiger partial charge in [-0.05, 0) is 55.2 Å². The maximum atomic E-state index is 14.8. The lowest BCUT2D eigenvalue weighted by Crippen LogP contribution is -2.43. The Morgan fingerprint density at radius 1 is 1.28 bits per heavy atom. The third-order valence-corrected chi connectivity index (χ3v) is 5.82. The molecule has 7 heteroatoms. The van der Waals surface area contributed by atoms with Crippen LogP contribution in [0.15, 0.2) is 42.6 Å². The number of halogens is 1. The highest BCUT2D eigenvalue weighted by Gasteiger charge is 2.35. The Balaban J connectivity index is 1.82. The van der Waals surface area contributed by atoms with Crippen molar-refractivity contribution in [2.45, 2.75) is 32.0 Å². The van der Waals surface area contributed by atoms with Gasteiger partial charge in [0.25, 0.3) is 0 Å². The fourth-order valence-corrected chi connectivity index (χ4v) is 4.52. The molecule has 0 amide bonds. The maximum absolute atomic E-state index is 14.8. The van der Waals surface area contributed by atoms with Crippen molar-refractivity contribution in [3.05, 3.63) is 64.9 Å². The molecule has 1 atom stereocenters. The standard InChI is InChI=1S/C25H28FN3O3/c1-25(2,26)15-29-12-11-17-18(8-9-21-20(17)14-27-28-21)24(29)19-7-5-16(13-22(19)31-3)6-10-23(30)32-4/h5-10,13-14,24H,11-12,15H2,1-4H3,(H,27,28)/b10-6+. The monoisotopic (exact) mass is 437 g/mol. The van der Waals surface area contributed by atoms with Gasteiger partial charge < -0.3 is 9.47 Å². The number of alkyl halides is 1. The zero-order chi connectivity index (χ0) is 22.9. The summed E-state index contributed by atoms with van der Waals surface area (Å²) in [6.07, 6.45) is 5.74. The van der Waals surface area contributed by atoms with Crippen molar-refractivity contribution in [2.75, 3.05) is 27.3 Å². The van der Waals surface area contributed by atoms with E-state index in [4.69, 9.17) is 4.74 Å². The second-order valence-electron chi connectivity index (χ2n) is 8.66. The van der Waals surface area contributed by atoms with Gasteiger partial charge in [-0.1, -0.05) is 18.2 Å². The molecule has 3 aromatic rings. The van der Waals surface area contributed by atoms with Crippen LogP contribution in [-0.2, 0) is 16.0 Å². The number of methoxy groups -OCH3 is 2. The molecule has 2 aromatic carbocycles. The summed E-state index contributed by atoms with van der Waals surface area (Å²) in [5.41, 5.74) is 3.78. The molecule has 4 rings (SSSR count). The third-order valence-electron chi connectivity index (χ3n) is 5.82. The number of aromatic amines is 1. The molecule has 168 valence electrons. The molecule has 0 aliphatic carbocycles. The van der Waals surface area contributed by atoms with Gasteiger partial charge in [-0.15, -0.1) is 0 Å². The minimum atomic E-state index is -1.34. The molecule has 6 nitrogen and oxygen atoms in total. The first-order valence-corrected chi connectivity index (χ1v) is 10.6. The number of nitrogens with zero attached hydrogens (tertiary/aromatic N) is 2. The number of benzene rings is 2. The van der Waals surface area contributed by atoms with E-state index in [1.807, 2.05) is 30.5 Å². The number of carbonyl (C=O) groups is 1. The normalized spacial score (nSPS) is 17.0. The quantitative estimate of drug-likeness (QED) is 0.456. The Labute approximate surface area is 187 Å². The number of nitrogens with one attached hydrogen (secondary N) is 1. The van der Waals surface area contributed by atoms with Crippen LogP contribution in [0.25, 0.3) is 17.0 Å². The average molecular weight is 438 g/mol. The van der Waals surface area contributed by atoms with Gasteiger partial charge in [0.1, 0.15) is 11.4 Å². The van der Waals surface area contributed by atoms with E-state index < -0.39 is 11.6 Å². The number of aromatic nitrogens is 2. The van der Waals surface area contributed by atoms with Crippen LogP contribution < -0.4 is 4.74 Å². The highest BCUT2D eigenvalue weighted by Crippen LogP contribution is 2.42. The lowest BCUT2D eigenvalue weighted by Gasteiger charge is -2.40. The predicted molar refractivity (Wildman–Crippen MR) is 122 cm³/mol. The van der Waals surface area contributed by atoms with E-state index >= 15 is 0 Å². The van der Waals surface area contributed by atoms with Crippen LogP contribution in [0, 0.1) is 0 Å². The van der Waals surface area contributed by atoms with Gasteiger partial charge in [0, 0.05) is 30.1 Å². The number of fused-ring (bicyclic) bond motifs is 3. The molecule has 0 radical (unpaired) electrons. The minimum absolute atomic E-state index is 0.165. The summed E-state index contributed by atoms with van der Waals surface area (Å²) in [6.45, 7) is 4.24. The topological polar surface area (TPSA) is 67.5 Å². The highest BCUT2D eigenvalue weighted by molar-refractivity contribution is 5.87. The van der Waals surface area contributed by atoms with Crippen molar-refractivity contribution in [2.24, 2.45) is 0 Å². The molecule has 1 unspecified atom stereocenters. The van der Waals surface area contributed by atoms with Crippen LogP contribution in [-0.4, -0.2) is 54.0 Å². The van der Waals surface area contributed by atoms with Crippen molar-refractivity contribution >= 4 is 22.9 Å². The van der Waals surface area contributed by atoms with Crippen molar-refractivity contribution in [1.29, 1.82) is 0 Å². The second-order valence-corrected chi connectivity index (χ2v) is 8.66. The van der Waals surface area contributed by atoms with E-state index in [2.05, 4.69) is 25.9 Å². The van der Waals surface area contributed by atoms with Gasteiger partial charge in [-0.2, -0.15) is 5.10 Å². The zero-order valence-corrected chi connectivity index (χ0v) is 18.8. The van der Waals surface area contributed by atoms with Crippen molar-refractivity contribution < 1.29 is 18.7 Å². The van der Waals surface area contributed by atoms with Gasteiger partial charge in [0.2, 0.25) is 0 Å². The van der Waals surface area contributed by atoms with Crippen molar-refractivity contribution in [3.63, 3.8) is 0 Å². The van der Waals surface area contributed by atoms with E-state index in [9.17, 15) is 9.18 Å². The van der Waals surface area contributed by atoms with Gasteiger partial charge >= 0.3 is 5.97 Å². The van der Waals surface area contributed by atoms with E-state index in [1.54, 1.807) is 27.0 Å². The van der Waals surface area contributed by atoms with Crippen LogP contribution in [0.2, 0.25) is 0 Å². The fourth-order valence-electron chi connectivity index (χ4n) is 4.52. The Morgan fingerprint density at radius 3 is 2.78 bits per heavy atom. The lowest BCUT2D eigenvalue weighted by molar-refractivity contribution is -0.134. The summed E-state index contributed by atoms with van der Waals surface area (Å²) in [5.74, 6) is 0.263. The molecule has 32 heavy (non-hydrogen) atoms. The number of carbonyl (C=O) groups excluding carboxylic acids is 1. The molecule has 2 heterocycles. The first-order chi connectivity index (χ1) is 15.3. The van der Waals surface area contributed by atoms with Gasteiger partial charge in [-0.25, -0.2) is 9.18 Å². The minimum Gasteiger partial charge on any atom is -0.496 e. The summed E-state index contributed by atoms with van der Waals surface area (Å²) in [7, 11) is 2.97. The second kappa shape index (κ2) is 8.74. The molecule has 0 saturated heterocycles. The largest absolute Gasteiger partial charge is 0.496 e. The van der Waals surface area contributed by atoms with Crippen LogP contribution in [0.1, 0.15) is 42.1 Å². The molecule has 0 saturated carbocycles. The van der Waals surface area contributed by atoms with E-state index in [-0.39, 0.29) is 6.04 Å². The molecule has 1 aliphatic heterocycles. The third kappa shape index (κ3) is 4.39. The molecule has 1 N–H and O–H groups in total. The molecule has 0 bridgehead atoms. The summed E-state index contributed by atoms with van der Waals surface area (Å²) in [4.78, 5) is 13.6. The number of esters is 1. The Morgan fingerprint density at radius 2 is 2.06 bits per heavy atom. The summed E-state index contributed by atoms with van der Waals surface area (Å²) >= 11 is 0. The van der Waals surface area contributed by atoms with Gasteiger partial charge in [0.05, 0.1) is 32.0 Å². The first kappa shape index (κ1) is 22.0. The van der Waals surface area contributed by atoms with E-state index in [1.165, 1.54) is 18.7 Å². The fraction of sp³-hybridized carbons (Fsp3) is 0.360. The number of hydrogen-bond donors (Lipinski definition) is 1. The Hall–Kier alpha value is -3.19. The summed E-state index contributed by atoms with van der Waals surface area (Å²) in [5, 5.41) is 8.34. The molecule has 1 aliphatic rings. The molecular weight excluding hydrogens is 409 g/mol. The first-order valence-electron chi connectivity index (χ1n) is 10.6. The lowest BCUT2D eigenvalue weighted by atomic mass is 9.85. The summed E-state index contributed by atoms with van der Waals surface area (Å²) in [6, 6.07) is 9.77. The number of rotatable bonds is 6. The number of H-pyrrole nitrogens is 1. The van der Waals surface area contributed by atoms with Crippen LogP contribution in [0.5, 0.6) is 5.75 Å². The SMILES string of the molecule is COC(=O)/C=C/c1ccc(C2c3ccc4[nH]ncc4c3CCN2CC(C)(C)F)c(OC)c1. The van der Waals surface area contributed by atoms with Crippen molar-refractivity contribution in [1.82, 2.24) is 15.1 Å². The average Bonchev–Trinajstić information content (AvgIpc) is 3.25. The maximum Gasteiger partial charge on any atom is 0.330 e. The highest BCUT2D eigenvalue weighted by atomic mass is 19.1. The smallest absolute Gasteiger partial charge is 0.330 e. The Kier molecular flexibility index (Phi) is 6.02. The Bertz CT molecular complexity index is 1160. The molecule has 0 spiro atoms.